The molecule has 0 aliphatic carbocycles. The van der Waals surface area contributed by atoms with Crippen LogP contribution in [0.15, 0.2) is 22.7 Å². The van der Waals surface area contributed by atoms with E-state index < -0.39 is 5.97 Å². The van der Waals surface area contributed by atoms with Crippen LogP contribution in [0.4, 0.5) is 0 Å². The van der Waals surface area contributed by atoms with E-state index in [1.54, 1.807) is 6.08 Å². The first-order valence-electron chi connectivity index (χ1n) is 10.4. The summed E-state index contributed by atoms with van der Waals surface area (Å²) < 4.78 is 12.2. The van der Waals surface area contributed by atoms with E-state index >= 15 is 0 Å². The highest BCUT2D eigenvalue weighted by molar-refractivity contribution is 5.89. The number of carbonyl (C=O) groups excluding carboxylic acids is 2. The van der Waals surface area contributed by atoms with Crippen molar-refractivity contribution in [1.82, 2.24) is 15.0 Å². The topological polar surface area (TPSA) is 86.4 Å². The quantitative estimate of drug-likeness (QED) is 0.462. The zero-order chi connectivity index (χ0) is 22.3. The lowest BCUT2D eigenvalue weighted by molar-refractivity contribution is -0.144. The zero-order valence-corrected chi connectivity index (χ0v) is 18.8. The fourth-order valence-corrected chi connectivity index (χ4v) is 3.33. The Labute approximate surface area is 178 Å². The Hall–Kier alpha value is -2.83. The number of aryl methyl sites for hydroxylation is 2. The Morgan fingerprint density at radius 2 is 1.93 bits per heavy atom. The lowest BCUT2D eigenvalue weighted by Gasteiger charge is -2.14. The van der Waals surface area contributed by atoms with Crippen LogP contribution in [0.1, 0.15) is 62.7 Å². The predicted molar refractivity (Wildman–Crippen MR) is 116 cm³/mol. The Kier molecular flexibility index (Phi) is 8.45. The lowest BCUT2D eigenvalue weighted by Crippen LogP contribution is -2.35. The number of rotatable bonds is 10. The number of carbonyl (C=O) groups is 2. The van der Waals surface area contributed by atoms with E-state index in [0.29, 0.717) is 11.7 Å². The van der Waals surface area contributed by atoms with Gasteiger partial charge < -0.3 is 14.6 Å². The number of ether oxygens (including phenoxy) is 1. The number of esters is 1. The highest BCUT2D eigenvalue weighted by atomic mass is 16.5. The molecule has 0 fully saturated rings. The van der Waals surface area contributed by atoms with Crippen molar-refractivity contribution in [2.45, 2.75) is 66.8 Å². The van der Waals surface area contributed by atoms with Gasteiger partial charge in [-0.05, 0) is 57.7 Å². The number of nitrogens with one attached hydrogen (secondary N) is 1. The van der Waals surface area contributed by atoms with E-state index in [1.165, 1.54) is 6.08 Å². The summed E-state index contributed by atoms with van der Waals surface area (Å²) in [4.78, 5) is 24.0. The molecule has 0 bridgehead atoms. The Balaban J connectivity index is 1.84. The third-order valence-corrected chi connectivity index (χ3v) is 4.89. The van der Waals surface area contributed by atoms with Gasteiger partial charge in [0.2, 0.25) is 0 Å². The number of hydrogen-bond donors (Lipinski definition) is 1. The molecule has 7 nitrogen and oxygen atoms in total. The van der Waals surface area contributed by atoms with Crippen molar-refractivity contribution in [3.05, 3.63) is 40.9 Å². The first kappa shape index (κ1) is 23.4. The molecule has 0 saturated heterocycles. The smallest absolute Gasteiger partial charge is 0.331 e. The normalized spacial score (nSPS) is 12.5. The van der Waals surface area contributed by atoms with Gasteiger partial charge in [-0.15, -0.1) is 0 Å². The first-order chi connectivity index (χ1) is 14.2. The summed E-state index contributed by atoms with van der Waals surface area (Å²) in [7, 11) is 0. The third-order valence-electron chi connectivity index (χ3n) is 4.89. The van der Waals surface area contributed by atoms with Gasteiger partial charge in [0.15, 0.2) is 12.4 Å². The minimum absolute atomic E-state index is 0.0658. The van der Waals surface area contributed by atoms with Gasteiger partial charge in [-0.2, -0.15) is 0 Å². The van der Waals surface area contributed by atoms with E-state index in [4.69, 9.17) is 9.26 Å². The van der Waals surface area contributed by atoms with Gasteiger partial charge in [-0.25, -0.2) is 4.79 Å². The monoisotopic (exact) mass is 415 g/mol. The maximum atomic E-state index is 12.0. The number of amides is 1. The Bertz CT molecular complexity index is 892. The minimum atomic E-state index is -0.556. The molecule has 7 heteroatoms. The van der Waals surface area contributed by atoms with Crippen LogP contribution in [-0.2, 0) is 14.3 Å². The van der Waals surface area contributed by atoms with E-state index in [0.717, 1.165) is 42.0 Å². The molecule has 0 aliphatic rings. The van der Waals surface area contributed by atoms with Crippen molar-refractivity contribution in [3.8, 4) is 5.82 Å². The zero-order valence-electron chi connectivity index (χ0n) is 18.8. The van der Waals surface area contributed by atoms with Gasteiger partial charge in [0.25, 0.3) is 5.91 Å². The standard InChI is InChI=1S/C23H33N3O4/c1-15(2)8-7-9-16(3)24-22(27)14-29-23(28)11-10-20-12-17(4)26(19(20)6)21-13-18(5)30-25-21/h10-13,15-16H,7-9,14H2,1-6H3,(H,24,27)/b11-10+. The van der Waals surface area contributed by atoms with Gasteiger partial charge in [-0.3, -0.25) is 9.36 Å². The summed E-state index contributed by atoms with van der Waals surface area (Å²) in [5.41, 5.74) is 2.77. The summed E-state index contributed by atoms with van der Waals surface area (Å²) in [6.07, 6.45) is 6.13. The van der Waals surface area contributed by atoms with Crippen molar-refractivity contribution >= 4 is 18.0 Å². The second-order valence-electron chi connectivity index (χ2n) is 8.19. The van der Waals surface area contributed by atoms with E-state index in [2.05, 4.69) is 24.3 Å². The van der Waals surface area contributed by atoms with Crippen LogP contribution in [0, 0.1) is 26.7 Å². The van der Waals surface area contributed by atoms with Crippen LogP contribution in [0.2, 0.25) is 0 Å². The number of nitrogens with zero attached hydrogens (tertiary/aromatic N) is 2. The van der Waals surface area contributed by atoms with Gasteiger partial charge in [0.1, 0.15) is 5.76 Å². The molecule has 1 atom stereocenters. The highest BCUT2D eigenvalue weighted by Gasteiger charge is 2.13. The summed E-state index contributed by atoms with van der Waals surface area (Å²) in [5.74, 6) is 1.24. The van der Waals surface area contributed by atoms with Gasteiger partial charge in [-0.1, -0.05) is 31.8 Å². The second kappa shape index (κ2) is 10.8. The van der Waals surface area contributed by atoms with Crippen LogP contribution in [0.3, 0.4) is 0 Å². The molecule has 2 aromatic heterocycles. The third kappa shape index (κ3) is 6.90. The maximum Gasteiger partial charge on any atom is 0.331 e. The minimum Gasteiger partial charge on any atom is -0.452 e. The molecule has 0 aromatic carbocycles. The first-order valence-corrected chi connectivity index (χ1v) is 10.4. The van der Waals surface area contributed by atoms with Gasteiger partial charge in [0.05, 0.1) is 0 Å². The van der Waals surface area contributed by atoms with Crippen molar-refractivity contribution in [3.63, 3.8) is 0 Å². The van der Waals surface area contributed by atoms with Crippen LogP contribution in [-0.4, -0.2) is 34.2 Å². The molecule has 0 spiro atoms. The predicted octanol–water partition coefficient (Wildman–Crippen LogP) is 4.28. The van der Waals surface area contributed by atoms with Crippen molar-refractivity contribution in [1.29, 1.82) is 0 Å². The molecule has 1 unspecified atom stereocenters. The molecule has 164 valence electrons. The molecule has 1 amide bonds. The molecule has 2 aromatic rings. The fourth-order valence-electron chi connectivity index (χ4n) is 3.33. The average molecular weight is 416 g/mol. The number of hydrogen-bond acceptors (Lipinski definition) is 5. The molecule has 2 heterocycles. The van der Waals surface area contributed by atoms with E-state index in [1.807, 2.05) is 44.4 Å². The Morgan fingerprint density at radius 3 is 2.57 bits per heavy atom. The van der Waals surface area contributed by atoms with Crippen molar-refractivity contribution in [2.24, 2.45) is 5.92 Å². The molecule has 30 heavy (non-hydrogen) atoms. The van der Waals surface area contributed by atoms with E-state index in [-0.39, 0.29) is 18.6 Å². The SMILES string of the molecule is Cc1cc(-n2c(C)cc(/C=C/C(=O)OCC(=O)NC(C)CCCC(C)C)c2C)no1. The summed E-state index contributed by atoms with van der Waals surface area (Å²) in [6, 6.07) is 3.87. The largest absolute Gasteiger partial charge is 0.452 e. The molecule has 1 N–H and O–H groups in total. The fraction of sp³-hybridized carbons (Fsp3) is 0.522. The van der Waals surface area contributed by atoms with Crippen LogP contribution in [0.5, 0.6) is 0 Å². The lowest BCUT2D eigenvalue weighted by atomic mass is 10.0. The van der Waals surface area contributed by atoms with Crippen molar-refractivity contribution in [2.75, 3.05) is 6.61 Å². The van der Waals surface area contributed by atoms with E-state index in [9.17, 15) is 9.59 Å². The second-order valence-corrected chi connectivity index (χ2v) is 8.19. The summed E-state index contributed by atoms with van der Waals surface area (Å²) in [6.45, 7) is 11.8. The molecule has 2 rings (SSSR count). The molecule has 0 radical (unpaired) electrons. The molecule has 0 aliphatic heterocycles. The van der Waals surface area contributed by atoms with Gasteiger partial charge >= 0.3 is 5.97 Å². The summed E-state index contributed by atoms with van der Waals surface area (Å²) >= 11 is 0. The average Bonchev–Trinajstić information content (AvgIpc) is 3.20. The van der Waals surface area contributed by atoms with Crippen LogP contribution < -0.4 is 5.32 Å². The van der Waals surface area contributed by atoms with Crippen LogP contribution >= 0.6 is 0 Å². The number of aromatic nitrogens is 2. The molecular weight excluding hydrogens is 382 g/mol. The summed E-state index contributed by atoms with van der Waals surface area (Å²) in [5, 5.41) is 6.91. The van der Waals surface area contributed by atoms with Crippen LogP contribution in [0.25, 0.3) is 11.9 Å². The van der Waals surface area contributed by atoms with Gasteiger partial charge in [0, 0.05) is 29.6 Å². The Morgan fingerprint density at radius 1 is 1.20 bits per heavy atom. The van der Waals surface area contributed by atoms with Crippen molar-refractivity contribution < 1.29 is 18.8 Å². The highest BCUT2D eigenvalue weighted by Crippen LogP contribution is 2.21. The molecular formula is C23H33N3O4. The maximum absolute atomic E-state index is 12.0. The molecule has 0 saturated carbocycles.